The van der Waals surface area contributed by atoms with E-state index >= 15 is 0 Å². The van der Waals surface area contributed by atoms with Crippen LogP contribution in [0.15, 0.2) is 71.1 Å². The molecule has 0 fully saturated rings. The summed E-state index contributed by atoms with van der Waals surface area (Å²) in [5.41, 5.74) is 4.39. The van der Waals surface area contributed by atoms with Crippen molar-refractivity contribution >= 4 is 40.0 Å². The van der Waals surface area contributed by atoms with Gasteiger partial charge in [0.05, 0.1) is 0 Å². The van der Waals surface area contributed by atoms with Crippen LogP contribution < -0.4 is 10.6 Å². The Labute approximate surface area is 190 Å². The first kappa shape index (κ1) is 21.6. The number of hydrogen-bond acceptors (Lipinski definition) is 4. The summed E-state index contributed by atoms with van der Waals surface area (Å²) in [6.45, 7) is 4.35. The Kier molecular flexibility index (Phi) is 6.28. The fourth-order valence-corrected chi connectivity index (χ4v) is 3.52. The maximum Gasteiger partial charge on any atom is 0.257 e. The molecule has 1 heterocycles. The second-order valence-electron chi connectivity index (χ2n) is 7.55. The van der Waals surface area contributed by atoms with Crippen molar-refractivity contribution < 1.29 is 13.6 Å². The molecule has 32 heavy (non-hydrogen) atoms. The first-order valence-electron chi connectivity index (χ1n) is 10.3. The highest BCUT2D eigenvalue weighted by Crippen LogP contribution is 2.29. The molecule has 5 nitrogen and oxygen atoms in total. The molecule has 7 heteroatoms. The predicted octanol–water partition coefficient (Wildman–Crippen LogP) is 6.27. The van der Waals surface area contributed by atoms with Gasteiger partial charge in [0.2, 0.25) is 5.89 Å². The van der Waals surface area contributed by atoms with Gasteiger partial charge in [-0.15, -0.1) is 0 Å². The maximum absolute atomic E-state index is 13.3. The van der Waals surface area contributed by atoms with E-state index in [1.165, 1.54) is 23.8 Å². The van der Waals surface area contributed by atoms with Crippen molar-refractivity contribution in [2.75, 3.05) is 5.32 Å². The van der Waals surface area contributed by atoms with E-state index in [1.807, 2.05) is 30.3 Å². The molecule has 0 saturated carbocycles. The van der Waals surface area contributed by atoms with Crippen LogP contribution in [0, 0.1) is 5.82 Å². The van der Waals surface area contributed by atoms with E-state index in [0.29, 0.717) is 17.5 Å². The summed E-state index contributed by atoms with van der Waals surface area (Å²) < 4.78 is 19.3. The highest BCUT2D eigenvalue weighted by molar-refractivity contribution is 7.80. The Bertz CT molecular complexity index is 1300. The Morgan fingerprint density at radius 2 is 1.94 bits per heavy atom. The van der Waals surface area contributed by atoms with Crippen molar-refractivity contribution in [2.45, 2.75) is 26.2 Å². The van der Waals surface area contributed by atoms with Gasteiger partial charge in [0.25, 0.3) is 5.91 Å². The van der Waals surface area contributed by atoms with Gasteiger partial charge in [-0.25, -0.2) is 9.37 Å². The number of aromatic nitrogens is 1. The number of amides is 1. The monoisotopic (exact) mass is 447 g/mol. The zero-order valence-corrected chi connectivity index (χ0v) is 18.5. The number of fused-ring (bicyclic) bond motifs is 1. The molecule has 0 aliphatic heterocycles. The normalized spacial score (nSPS) is 11.8. The fraction of sp³-hybridized carbons (Fsp3) is 0.160. The van der Waals surface area contributed by atoms with Crippen LogP contribution in [0.4, 0.5) is 10.1 Å². The Morgan fingerprint density at radius 3 is 2.72 bits per heavy atom. The number of rotatable bonds is 5. The molecule has 0 aliphatic carbocycles. The molecular weight excluding hydrogens is 425 g/mol. The largest absolute Gasteiger partial charge is 0.436 e. The number of oxazole rings is 1. The number of nitrogens with zero attached hydrogens (tertiary/aromatic N) is 1. The van der Waals surface area contributed by atoms with Crippen LogP contribution in [0.3, 0.4) is 0 Å². The molecule has 0 bridgehead atoms. The third kappa shape index (κ3) is 4.84. The lowest BCUT2D eigenvalue weighted by Gasteiger charge is -2.10. The molecule has 1 atom stereocenters. The number of halogens is 1. The molecule has 0 aliphatic rings. The molecule has 0 unspecified atom stereocenters. The molecule has 0 saturated heterocycles. The van der Waals surface area contributed by atoms with Crippen LogP contribution in [0.25, 0.3) is 22.6 Å². The van der Waals surface area contributed by atoms with Gasteiger partial charge >= 0.3 is 0 Å². The number of carbonyl (C=O) groups is 1. The second-order valence-corrected chi connectivity index (χ2v) is 7.96. The molecule has 162 valence electrons. The lowest BCUT2D eigenvalue weighted by molar-refractivity contribution is 0.0977. The van der Waals surface area contributed by atoms with Gasteiger partial charge in [0.15, 0.2) is 10.7 Å². The van der Waals surface area contributed by atoms with Gasteiger partial charge in [-0.05, 0) is 78.7 Å². The SMILES string of the molecule is CC[C@H](C)c1ccc2oc(-c3cccc(NC(=S)NC(=O)c4cccc(F)c4)c3)nc2c1. The lowest BCUT2D eigenvalue weighted by atomic mass is 9.98. The van der Waals surface area contributed by atoms with Crippen LogP contribution >= 0.6 is 12.2 Å². The van der Waals surface area contributed by atoms with E-state index in [4.69, 9.17) is 16.6 Å². The van der Waals surface area contributed by atoms with Gasteiger partial charge in [-0.3, -0.25) is 10.1 Å². The van der Waals surface area contributed by atoms with Crippen LogP contribution in [0.5, 0.6) is 0 Å². The molecular formula is C25H22FN3O2S. The average molecular weight is 448 g/mol. The van der Waals surface area contributed by atoms with E-state index in [0.717, 1.165) is 29.2 Å². The predicted molar refractivity (Wildman–Crippen MR) is 128 cm³/mol. The Hall–Kier alpha value is -3.58. The van der Waals surface area contributed by atoms with Crippen molar-refractivity contribution in [3.05, 3.63) is 83.7 Å². The van der Waals surface area contributed by atoms with E-state index < -0.39 is 11.7 Å². The van der Waals surface area contributed by atoms with Crippen LogP contribution in [0.1, 0.15) is 42.1 Å². The lowest BCUT2D eigenvalue weighted by Crippen LogP contribution is -2.34. The Morgan fingerprint density at radius 1 is 1.12 bits per heavy atom. The summed E-state index contributed by atoms with van der Waals surface area (Å²) in [6.07, 6.45) is 1.06. The number of carbonyl (C=O) groups excluding carboxylic acids is 1. The molecule has 1 amide bonds. The second kappa shape index (κ2) is 9.28. The third-order valence-electron chi connectivity index (χ3n) is 5.27. The average Bonchev–Trinajstić information content (AvgIpc) is 3.22. The molecule has 2 N–H and O–H groups in total. The maximum atomic E-state index is 13.3. The summed E-state index contributed by atoms with van der Waals surface area (Å²) >= 11 is 5.23. The van der Waals surface area contributed by atoms with Gasteiger partial charge in [-0.2, -0.15) is 0 Å². The first-order chi connectivity index (χ1) is 15.4. The Balaban J connectivity index is 1.49. The third-order valence-corrected chi connectivity index (χ3v) is 5.48. The minimum absolute atomic E-state index is 0.104. The molecule has 4 rings (SSSR count). The molecule has 1 aromatic heterocycles. The molecule has 0 radical (unpaired) electrons. The van der Waals surface area contributed by atoms with E-state index in [1.54, 1.807) is 0 Å². The minimum atomic E-state index is -0.491. The standard InChI is InChI=1S/C25H22FN3O2S/c1-3-15(2)16-10-11-22-21(14-16)28-24(31-22)18-7-5-9-20(13-18)27-25(32)29-23(30)17-6-4-8-19(26)12-17/h4-15H,3H2,1-2H3,(H2,27,29,30,32)/t15-/m0/s1. The van der Waals surface area contributed by atoms with Gasteiger partial charge < -0.3 is 9.73 Å². The van der Waals surface area contributed by atoms with Gasteiger partial charge in [-0.1, -0.05) is 32.0 Å². The number of thiocarbonyl (C=S) groups is 1. The first-order valence-corrected chi connectivity index (χ1v) is 10.7. The molecule has 3 aromatic carbocycles. The zero-order valence-electron chi connectivity index (χ0n) is 17.7. The van der Waals surface area contributed by atoms with Gasteiger partial charge in [0, 0.05) is 16.8 Å². The zero-order chi connectivity index (χ0) is 22.7. The van der Waals surface area contributed by atoms with Crippen LogP contribution in [-0.2, 0) is 0 Å². The number of anilines is 1. The fourth-order valence-electron chi connectivity index (χ4n) is 3.31. The summed E-state index contributed by atoms with van der Waals surface area (Å²) in [6, 6.07) is 18.9. The number of benzene rings is 3. The quantitative estimate of drug-likeness (QED) is 0.353. The number of hydrogen-bond donors (Lipinski definition) is 2. The summed E-state index contributed by atoms with van der Waals surface area (Å²) in [5, 5.41) is 5.62. The van der Waals surface area contributed by atoms with Crippen molar-refractivity contribution in [2.24, 2.45) is 0 Å². The van der Waals surface area contributed by atoms with Gasteiger partial charge in [0.1, 0.15) is 11.3 Å². The van der Waals surface area contributed by atoms with E-state index in [9.17, 15) is 9.18 Å². The van der Waals surface area contributed by atoms with E-state index in [-0.39, 0.29) is 10.7 Å². The van der Waals surface area contributed by atoms with E-state index in [2.05, 4.69) is 41.6 Å². The van der Waals surface area contributed by atoms with Crippen molar-refractivity contribution in [1.29, 1.82) is 0 Å². The smallest absolute Gasteiger partial charge is 0.257 e. The topological polar surface area (TPSA) is 67.2 Å². The highest BCUT2D eigenvalue weighted by Gasteiger charge is 2.13. The molecule has 0 spiro atoms. The van der Waals surface area contributed by atoms with Crippen molar-refractivity contribution in [3.8, 4) is 11.5 Å². The van der Waals surface area contributed by atoms with Crippen LogP contribution in [-0.4, -0.2) is 16.0 Å². The summed E-state index contributed by atoms with van der Waals surface area (Å²) in [7, 11) is 0. The van der Waals surface area contributed by atoms with Crippen molar-refractivity contribution in [1.82, 2.24) is 10.3 Å². The summed E-state index contributed by atoms with van der Waals surface area (Å²) in [5.74, 6) is -0.0246. The summed E-state index contributed by atoms with van der Waals surface area (Å²) in [4.78, 5) is 16.9. The van der Waals surface area contributed by atoms with Crippen molar-refractivity contribution in [3.63, 3.8) is 0 Å². The highest BCUT2D eigenvalue weighted by atomic mass is 32.1. The number of nitrogens with one attached hydrogen (secondary N) is 2. The minimum Gasteiger partial charge on any atom is -0.436 e. The van der Waals surface area contributed by atoms with Crippen LogP contribution in [0.2, 0.25) is 0 Å². The molecule has 4 aromatic rings.